The number of aromatic nitrogens is 4. The maximum Gasteiger partial charge on any atom is 0.339 e. The Hall–Kier alpha value is -4.64. The SMILES string of the molecule is CCOC(=O)c1ccc(-c2cc(F)ccc2OCc2cn(CC3CC4(CO3)C(=O)Nc3ccccc34)nn2)nc1C. The van der Waals surface area contributed by atoms with Gasteiger partial charge < -0.3 is 19.5 Å². The number of hydrogen-bond acceptors (Lipinski definition) is 8. The first-order chi connectivity index (χ1) is 19.9. The van der Waals surface area contributed by atoms with Gasteiger partial charge in [0, 0.05) is 11.3 Å². The normalized spacial score (nSPS) is 19.3. The summed E-state index contributed by atoms with van der Waals surface area (Å²) in [6.07, 6.45) is 2.09. The lowest BCUT2D eigenvalue weighted by atomic mass is 9.79. The van der Waals surface area contributed by atoms with Crippen LogP contribution in [0.4, 0.5) is 10.1 Å². The van der Waals surface area contributed by atoms with Crippen molar-refractivity contribution in [3.05, 3.63) is 89.1 Å². The van der Waals surface area contributed by atoms with Crippen molar-refractivity contribution in [2.24, 2.45) is 0 Å². The number of ether oxygens (including phenoxy) is 3. The Morgan fingerprint density at radius 2 is 2.07 bits per heavy atom. The minimum atomic E-state index is -0.687. The molecule has 10 nitrogen and oxygen atoms in total. The second-order valence-corrected chi connectivity index (χ2v) is 10.1. The number of amides is 1. The fourth-order valence-electron chi connectivity index (χ4n) is 5.42. The number of fused-ring (bicyclic) bond motifs is 2. The maximum atomic E-state index is 14.2. The van der Waals surface area contributed by atoms with E-state index in [9.17, 15) is 14.0 Å². The van der Waals surface area contributed by atoms with Crippen LogP contribution in [0, 0.1) is 12.7 Å². The third-order valence-corrected chi connectivity index (χ3v) is 7.42. The van der Waals surface area contributed by atoms with E-state index in [2.05, 4.69) is 20.6 Å². The van der Waals surface area contributed by atoms with E-state index in [1.54, 1.807) is 36.9 Å². The van der Waals surface area contributed by atoms with E-state index in [1.165, 1.54) is 18.2 Å². The van der Waals surface area contributed by atoms with Crippen molar-refractivity contribution in [3.8, 4) is 17.0 Å². The van der Waals surface area contributed by atoms with E-state index in [1.807, 2.05) is 24.3 Å². The number of rotatable bonds is 8. The van der Waals surface area contributed by atoms with Gasteiger partial charge >= 0.3 is 5.97 Å². The molecule has 4 aromatic rings. The van der Waals surface area contributed by atoms with Crippen LogP contribution < -0.4 is 10.1 Å². The molecule has 1 spiro atoms. The third kappa shape index (κ3) is 5.04. The number of carbonyl (C=O) groups excluding carboxylic acids is 2. The van der Waals surface area contributed by atoms with Crippen molar-refractivity contribution in [3.63, 3.8) is 0 Å². The number of nitrogens with one attached hydrogen (secondary N) is 1. The van der Waals surface area contributed by atoms with Gasteiger partial charge in [0.1, 0.15) is 29.3 Å². The number of benzene rings is 2. The summed E-state index contributed by atoms with van der Waals surface area (Å²) in [5.41, 5.74) is 3.40. The molecule has 2 aromatic heterocycles. The van der Waals surface area contributed by atoms with E-state index >= 15 is 0 Å². The Morgan fingerprint density at radius 3 is 2.90 bits per heavy atom. The van der Waals surface area contributed by atoms with Crippen LogP contribution in [0.25, 0.3) is 11.3 Å². The van der Waals surface area contributed by atoms with Crippen LogP contribution in [0.1, 0.15) is 40.7 Å². The summed E-state index contributed by atoms with van der Waals surface area (Å²) in [7, 11) is 0. The first kappa shape index (κ1) is 26.6. The van der Waals surface area contributed by atoms with Crippen LogP contribution in [0.5, 0.6) is 5.75 Å². The summed E-state index contributed by atoms with van der Waals surface area (Å²) in [4.78, 5) is 29.5. The van der Waals surface area contributed by atoms with Crippen molar-refractivity contribution >= 4 is 17.6 Å². The average molecular weight is 558 g/mol. The highest BCUT2D eigenvalue weighted by Gasteiger charge is 2.52. The Morgan fingerprint density at radius 1 is 1.22 bits per heavy atom. The first-order valence-electron chi connectivity index (χ1n) is 13.4. The van der Waals surface area contributed by atoms with Crippen molar-refractivity contribution in [2.75, 3.05) is 18.5 Å². The van der Waals surface area contributed by atoms with Gasteiger partial charge in [0.25, 0.3) is 0 Å². The molecule has 4 heterocycles. The Bertz CT molecular complexity index is 1640. The molecule has 1 fully saturated rings. The maximum absolute atomic E-state index is 14.2. The lowest BCUT2D eigenvalue weighted by molar-refractivity contribution is -0.120. The van der Waals surface area contributed by atoms with Crippen LogP contribution in [-0.2, 0) is 32.8 Å². The molecular weight excluding hydrogens is 529 g/mol. The minimum absolute atomic E-state index is 0.0378. The standard InChI is InChI=1S/C30H28FN5O5/c1-3-39-28(37)22-9-10-25(32-18(22)2)23-12-19(31)8-11-27(23)40-16-20-14-36(35-34-20)15-21-13-30(17-41-21)24-6-4-5-7-26(24)33-29(30)38/h4-12,14,21H,3,13,15-17H2,1-2H3,(H,33,38). The number of nitrogens with zero attached hydrogens (tertiary/aromatic N) is 4. The van der Waals surface area contributed by atoms with Crippen molar-refractivity contribution in [1.29, 1.82) is 0 Å². The minimum Gasteiger partial charge on any atom is -0.486 e. The van der Waals surface area contributed by atoms with Gasteiger partial charge in [-0.3, -0.25) is 9.78 Å². The van der Waals surface area contributed by atoms with Gasteiger partial charge in [-0.05, 0) is 62.2 Å². The highest BCUT2D eigenvalue weighted by Crippen LogP contribution is 2.45. The summed E-state index contributed by atoms with van der Waals surface area (Å²) < 4.78 is 33.0. The van der Waals surface area contributed by atoms with E-state index in [4.69, 9.17) is 14.2 Å². The van der Waals surface area contributed by atoms with Crippen LogP contribution >= 0.6 is 0 Å². The highest BCUT2D eigenvalue weighted by atomic mass is 19.1. The molecule has 1 amide bonds. The van der Waals surface area contributed by atoms with Gasteiger partial charge in [0.05, 0.1) is 49.0 Å². The monoisotopic (exact) mass is 557 g/mol. The van der Waals surface area contributed by atoms with Gasteiger partial charge in [-0.1, -0.05) is 23.4 Å². The molecule has 0 bridgehead atoms. The molecule has 210 valence electrons. The highest BCUT2D eigenvalue weighted by molar-refractivity contribution is 6.06. The van der Waals surface area contributed by atoms with Crippen LogP contribution in [0.3, 0.4) is 0 Å². The second-order valence-electron chi connectivity index (χ2n) is 10.1. The number of hydrogen-bond donors (Lipinski definition) is 1. The first-order valence-corrected chi connectivity index (χ1v) is 13.4. The molecule has 2 aromatic carbocycles. The zero-order chi connectivity index (χ0) is 28.6. The number of aryl methyl sites for hydroxylation is 1. The Kier molecular flexibility index (Phi) is 6.96. The topological polar surface area (TPSA) is 117 Å². The smallest absolute Gasteiger partial charge is 0.339 e. The number of carbonyl (C=O) groups is 2. The summed E-state index contributed by atoms with van der Waals surface area (Å²) in [5, 5.41) is 11.4. The van der Waals surface area contributed by atoms with E-state index in [0.717, 1.165) is 11.3 Å². The summed E-state index contributed by atoms with van der Waals surface area (Å²) in [5.74, 6) is -0.537. The van der Waals surface area contributed by atoms with Crippen molar-refractivity contribution in [2.45, 2.75) is 44.9 Å². The summed E-state index contributed by atoms with van der Waals surface area (Å²) >= 11 is 0. The molecule has 2 unspecified atom stereocenters. The molecule has 41 heavy (non-hydrogen) atoms. The zero-order valence-electron chi connectivity index (χ0n) is 22.6. The molecule has 0 aliphatic carbocycles. The zero-order valence-corrected chi connectivity index (χ0v) is 22.6. The Balaban J connectivity index is 1.13. The lowest BCUT2D eigenvalue weighted by Crippen LogP contribution is -2.35. The second kappa shape index (κ2) is 10.7. The molecule has 2 aliphatic rings. The van der Waals surface area contributed by atoms with Gasteiger partial charge in [0.15, 0.2) is 0 Å². The molecule has 0 radical (unpaired) electrons. The molecule has 2 aliphatic heterocycles. The third-order valence-electron chi connectivity index (χ3n) is 7.42. The number of anilines is 1. The van der Waals surface area contributed by atoms with Gasteiger partial charge in [-0.25, -0.2) is 13.9 Å². The van der Waals surface area contributed by atoms with E-state index in [0.29, 0.717) is 53.5 Å². The van der Waals surface area contributed by atoms with Gasteiger partial charge in [-0.2, -0.15) is 0 Å². The largest absolute Gasteiger partial charge is 0.486 e. The average Bonchev–Trinajstić information content (AvgIpc) is 3.67. The number of pyridine rings is 1. The van der Waals surface area contributed by atoms with Crippen molar-refractivity contribution < 1.29 is 28.2 Å². The number of para-hydroxylation sites is 1. The molecule has 1 saturated heterocycles. The van der Waals surface area contributed by atoms with E-state index in [-0.39, 0.29) is 25.2 Å². The quantitative estimate of drug-likeness (QED) is 0.320. The Labute approximate surface area is 235 Å². The number of esters is 1. The fourth-order valence-corrected chi connectivity index (χ4v) is 5.42. The predicted octanol–water partition coefficient (Wildman–Crippen LogP) is 4.22. The molecule has 1 N–H and O–H groups in total. The van der Waals surface area contributed by atoms with E-state index < -0.39 is 17.2 Å². The van der Waals surface area contributed by atoms with Gasteiger partial charge in [0.2, 0.25) is 5.91 Å². The molecular formula is C30H28FN5O5. The lowest BCUT2D eigenvalue weighted by Gasteiger charge is -2.19. The van der Waals surface area contributed by atoms with Gasteiger partial charge in [-0.15, -0.1) is 5.10 Å². The fraction of sp³-hybridized carbons (Fsp3) is 0.300. The summed E-state index contributed by atoms with van der Waals surface area (Å²) in [6.45, 7) is 4.52. The molecule has 2 atom stereocenters. The predicted molar refractivity (Wildman–Crippen MR) is 146 cm³/mol. The number of halogens is 1. The van der Waals surface area contributed by atoms with Crippen LogP contribution in [-0.4, -0.2) is 51.2 Å². The molecule has 6 rings (SSSR count). The van der Waals surface area contributed by atoms with Crippen molar-refractivity contribution in [1.82, 2.24) is 20.0 Å². The summed E-state index contributed by atoms with van der Waals surface area (Å²) in [6, 6.07) is 15.1. The molecule has 11 heteroatoms. The molecule has 0 saturated carbocycles. The van der Waals surface area contributed by atoms with Crippen LogP contribution in [0.2, 0.25) is 0 Å². The van der Waals surface area contributed by atoms with Crippen LogP contribution in [0.15, 0.2) is 60.8 Å².